The van der Waals surface area contributed by atoms with E-state index in [2.05, 4.69) is 29.8 Å². The number of aliphatic hydroxyl groups excluding tert-OH is 1. The van der Waals surface area contributed by atoms with Crippen LogP contribution in [0.25, 0.3) is 0 Å². The maximum Gasteiger partial charge on any atom is 0.267 e. The van der Waals surface area contributed by atoms with Gasteiger partial charge in [-0.2, -0.15) is 0 Å². The summed E-state index contributed by atoms with van der Waals surface area (Å²) in [4.78, 5) is 14.1. The van der Waals surface area contributed by atoms with Gasteiger partial charge in [0, 0.05) is 0 Å². The summed E-state index contributed by atoms with van der Waals surface area (Å²) in [6, 6.07) is 0. The van der Waals surface area contributed by atoms with Gasteiger partial charge in [0.25, 0.3) is 5.17 Å². The maximum absolute atomic E-state index is 13.1. The summed E-state index contributed by atoms with van der Waals surface area (Å²) in [5.41, 5.74) is -0.349. The molecular weight excluding hydrogens is 366 g/mol. The van der Waals surface area contributed by atoms with Gasteiger partial charge >= 0.3 is 0 Å². The van der Waals surface area contributed by atoms with E-state index in [9.17, 15) is 9.90 Å². The van der Waals surface area contributed by atoms with Crippen LogP contribution in [0.2, 0.25) is 0 Å². The van der Waals surface area contributed by atoms with E-state index in [4.69, 9.17) is 17.0 Å². The van der Waals surface area contributed by atoms with Crippen LogP contribution in [-0.4, -0.2) is 43.7 Å². The minimum Gasteiger partial charge on any atom is -0.465 e. The second-order valence-electron chi connectivity index (χ2n) is 7.80. The number of carbonyl (C=O) groups excluding carboxylic acids is 1. The van der Waals surface area contributed by atoms with Crippen LogP contribution in [0, 0.1) is 17.3 Å². The average Bonchev–Trinajstić information content (AvgIpc) is 2.96. The third-order valence-electron chi connectivity index (χ3n) is 6.31. The molecule has 1 aliphatic heterocycles. The average molecular weight is 390 g/mol. The van der Waals surface area contributed by atoms with Crippen molar-refractivity contribution in [2.45, 2.75) is 69.5 Å². The first-order valence-electron chi connectivity index (χ1n) is 8.01. The van der Waals surface area contributed by atoms with Gasteiger partial charge in [-0.05, 0) is 48.7 Å². The Bertz CT molecular complexity index is 524. The van der Waals surface area contributed by atoms with Gasteiger partial charge < -0.3 is 9.84 Å². The van der Waals surface area contributed by atoms with Gasteiger partial charge in [-0.1, -0.05) is 43.6 Å². The van der Waals surface area contributed by atoms with Crippen molar-refractivity contribution in [2.24, 2.45) is 17.3 Å². The van der Waals surface area contributed by atoms with Crippen LogP contribution in [-0.2, 0) is 9.53 Å². The Labute approximate surface area is 145 Å². The molecule has 2 aliphatic carbocycles. The van der Waals surface area contributed by atoms with E-state index in [1.165, 1.54) is 0 Å². The van der Waals surface area contributed by atoms with Crippen molar-refractivity contribution in [3.05, 3.63) is 0 Å². The third-order valence-corrected chi connectivity index (χ3v) is 7.52. The molecule has 2 saturated carbocycles. The number of halogens is 1. The van der Waals surface area contributed by atoms with Crippen LogP contribution in [0.3, 0.4) is 0 Å². The zero-order chi connectivity index (χ0) is 16.4. The Balaban J connectivity index is 1.96. The van der Waals surface area contributed by atoms with Gasteiger partial charge in [0.15, 0.2) is 0 Å². The number of hydrogen-bond donors (Lipinski definition) is 1. The molecule has 1 heterocycles. The number of fused-ring (bicyclic) bond motifs is 1. The van der Waals surface area contributed by atoms with Crippen LogP contribution in [0.5, 0.6) is 0 Å². The summed E-state index contributed by atoms with van der Waals surface area (Å²) >= 11 is 8.77. The topological polar surface area (TPSA) is 49.8 Å². The molecule has 3 fully saturated rings. The number of hydrogen-bond acceptors (Lipinski definition) is 4. The lowest BCUT2D eigenvalue weighted by atomic mass is 9.74. The Kier molecular flexibility index (Phi) is 3.90. The molecule has 0 aromatic heterocycles. The monoisotopic (exact) mass is 389 g/mol. The lowest BCUT2D eigenvalue weighted by Crippen LogP contribution is -2.60. The molecule has 0 aromatic rings. The summed E-state index contributed by atoms with van der Waals surface area (Å²) in [5.74, 6) is 0.399. The SMILES string of the molecule is CC(C)[C@H](O)[C@@H](Br)C(=O)N1C(=S)O[C@@H]2C[C@H]3CC[C@]21C3(C)C. The van der Waals surface area contributed by atoms with Crippen LogP contribution in [0.4, 0.5) is 0 Å². The molecule has 6 heteroatoms. The van der Waals surface area contributed by atoms with Gasteiger partial charge in [0.05, 0.1) is 11.6 Å². The number of thiocarbonyl (C=S) groups is 1. The Morgan fingerprint density at radius 2 is 2.14 bits per heavy atom. The first-order chi connectivity index (χ1) is 10.1. The molecule has 4 nitrogen and oxygen atoms in total. The van der Waals surface area contributed by atoms with E-state index < -0.39 is 10.9 Å². The number of rotatable bonds is 3. The maximum atomic E-state index is 13.1. The molecule has 0 radical (unpaired) electrons. The van der Waals surface area contributed by atoms with Crippen molar-refractivity contribution in [1.29, 1.82) is 0 Å². The number of aliphatic hydroxyl groups is 1. The van der Waals surface area contributed by atoms with Crippen LogP contribution in [0.1, 0.15) is 47.0 Å². The number of alkyl halides is 1. The standard InChI is InChI=1S/C16H24BrNO3S/c1-8(2)12(19)11(17)13(20)18-14(22)21-10-7-9-5-6-16(10,18)15(9,3)4/h8-12,19H,5-7H2,1-4H3/t9-,10-,11-,12+,16-/m1/s1. The smallest absolute Gasteiger partial charge is 0.267 e. The predicted molar refractivity (Wildman–Crippen MR) is 91.7 cm³/mol. The Morgan fingerprint density at radius 3 is 2.68 bits per heavy atom. The lowest BCUT2D eigenvalue weighted by molar-refractivity contribution is -0.135. The molecule has 3 rings (SSSR count). The van der Waals surface area contributed by atoms with Crippen LogP contribution >= 0.6 is 28.1 Å². The number of amides is 1. The summed E-state index contributed by atoms with van der Waals surface area (Å²) in [7, 11) is 0. The summed E-state index contributed by atoms with van der Waals surface area (Å²) in [6.45, 7) is 8.25. The molecule has 5 atom stereocenters. The highest BCUT2D eigenvalue weighted by Crippen LogP contribution is 2.66. The second-order valence-corrected chi connectivity index (χ2v) is 9.14. The van der Waals surface area contributed by atoms with Crippen LogP contribution < -0.4 is 0 Å². The molecular formula is C16H24BrNO3S. The summed E-state index contributed by atoms with van der Waals surface area (Å²) < 4.78 is 5.90. The Morgan fingerprint density at radius 1 is 1.50 bits per heavy atom. The van der Waals surface area contributed by atoms with Gasteiger partial charge in [-0.15, -0.1) is 0 Å². The minimum absolute atomic E-state index is 0.00775. The number of nitrogens with zero attached hydrogens (tertiary/aromatic N) is 1. The van der Waals surface area contributed by atoms with Crippen molar-refractivity contribution in [1.82, 2.24) is 4.90 Å². The van der Waals surface area contributed by atoms with E-state index in [1.807, 2.05) is 13.8 Å². The van der Waals surface area contributed by atoms with Gasteiger partial charge in [0.2, 0.25) is 5.91 Å². The normalized spacial score (nSPS) is 38.1. The third kappa shape index (κ3) is 1.89. The van der Waals surface area contributed by atoms with Crippen molar-refractivity contribution < 1.29 is 14.6 Å². The highest BCUT2D eigenvalue weighted by atomic mass is 79.9. The number of carbonyl (C=O) groups is 1. The van der Waals surface area contributed by atoms with E-state index in [-0.39, 0.29) is 34.1 Å². The molecule has 22 heavy (non-hydrogen) atoms. The quantitative estimate of drug-likeness (QED) is 0.595. The molecule has 1 amide bonds. The zero-order valence-electron chi connectivity index (χ0n) is 13.5. The van der Waals surface area contributed by atoms with Crippen molar-refractivity contribution in [2.75, 3.05) is 0 Å². The lowest BCUT2D eigenvalue weighted by Gasteiger charge is -2.43. The molecule has 0 unspecified atom stereocenters. The van der Waals surface area contributed by atoms with Gasteiger partial charge in [-0.3, -0.25) is 9.69 Å². The van der Waals surface area contributed by atoms with E-state index in [1.54, 1.807) is 4.90 Å². The molecule has 0 aromatic carbocycles. The van der Waals surface area contributed by atoms with Gasteiger partial charge in [0.1, 0.15) is 10.9 Å². The highest BCUT2D eigenvalue weighted by Gasteiger charge is 2.73. The Hall–Kier alpha value is -0.200. The first kappa shape index (κ1) is 16.7. The van der Waals surface area contributed by atoms with Crippen molar-refractivity contribution in [3.63, 3.8) is 0 Å². The molecule has 124 valence electrons. The largest absolute Gasteiger partial charge is 0.465 e. The fraction of sp³-hybridized carbons (Fsp3) is 0.875. The first-order valence-corrected chi connectivity index (χ1v) is 9.33. The fourth-order valence-electron chi connectivity index (χ4n) is 4.79. The van der Waals surface area contributed by atoms with E-state index in [0.717, 1.165) is 19.3 Å². The van der Waals surface area contributed by atoms with E-state index >= 15 is 0 Å². The minimum atomic E-state index is -0.743. The van der Waals surface area contributed by atoms with Crippen molar-refractivity contribution >= 4 is 39.2 Å². The molecule has 1 saturated heterocycles. The molecule has 2 bridgehead atoms. The van der Waals surface area contributed by atoms with Gasteiger partial charge in [-0.25, -0.2) is 0 Å². The van der Waals surface area contributed by atoms with Crippen LogP contribution in [0.15, 0.2) is 0 Å². The highest BCUT2D eigenvalue weighted by molar-refractivity contribution is 9.10. The summed E-state index contributed by atoms with van der Waals surface area (Å²) in [6.07, 6.45) is 2.27. The predicted octanol–water partition coefficient (Wildman–Crippen LogP) is 2.86. The fourth-order valence-corrected chi connectivity index (χ4v) is 5.98. The van der Waals surface area contributed by atoms with Crippen molar-refractivity contribution in [3.8, 4) is 0 Å². The molecule has 1 spiro atoms. The zero-order valence-corrected chi connectivity index (χ0v) is 15.9. The second kappa shape index (κ2) is 5.15. The van der Waals surface area contributed by atoms with E-state index in [0.29, 0.717) is 5.92 Å². The molecule has 3 aliphatic rings. The molecule has 1 N–H and O–H groups in total. The number of ether oxygens (including phenoxy) is 1. The summed E-state index contributed by atoms with van der Waals surface area (Å²) in [5, 5.41) is 10.6.